The van der Waals surface area contributed by atoms with Crippen molar-refractivity contribution in [2.75, 3.05) is 28.4 Å². The molecule has 7 nitrogen and oxygen atoms in total. The molecule has 5 rings (SSSR count). The summed E-state index contributed by atoms with van der Waals surface area (Å²) in [4.78, 5) is 12.7. The minimum absolute atomic E-state index is 0. The number of nitrogens with zero attached hydrogens (tertiary/aromatic N) is 1. The number of pyridine rings is 1. The van der Waals surface area contributed by atoms with Crippen LogP contribution < -0.4 is 40.5 Å². The number of esters is 1. The Labute approximate surface area is 226 Å². The van der Waals surface area contributed by atoms with Crippen LogP contribution >= 0.6 is 0 Å². The Morgan fingerprint density at radius 3 is 2.24 bits per heavy atom. The Balaban J connectivity index is 0.00000320. The molecule has 0 radical (unpaired) electrons. The topological polar surface area (TPSA) is 67.1 Å². The minimum Gasteiger partial charge on any atom is -1.00 e. The average Bonchev–Trinajstić information content (AvgIpc) is 2.93. The van der Waals surface area contributed by atoms with Crippen LogP contribution in [0.1, 0.15) is 17.2 Å². The molecule has 0 aliphatic carbocycles. The number of rotatable bonds is 7. The summed E-state index contributed by atoms with van der Waals surface area (Å²) in [7, 11) is 6.23. The molecule has 4 aromatic rings. The number of halogens is 1. The van der Waals surface area contributed by atoms with E-state index in [1.165, 1.54) is 12.7 Å². The monoisotopic (exact) mass is 565 g/mol. The van der Waals surface area contributed by atoms with Gasteiger partial charge < -0.3 is 40.7 Å². The number of ether oxygens (including phenoxy) is 5. The molecule has 0 saturated carbocycles. The van der Waals surface area contributed by atoms with Crippen molar-refractivity contribution >= 4 is 16.7 Å². The molecule has 3 aromatic carbocycles. The van der Waals surface area contributed by atoms with Gasteiger partial charge in [-0.05, 0) is 35.2 Å². The van der Waals surface area contributed by atoms with Crippen LogP contribution in [0.4, 0.5) is 0 Å². The van der Waals surface area contributed by atoms with E-state index in [0.717, 1.165) is 40.7 Å². The fraction of sp³-hybridized carbons (Fsp3) is 0.241. The summed E-state index contributed by atoms with van der Waals surface area (Å²) in [6, 6.07) is 19.3. The standard InChI is InChI=1S/C29H28NO6.BrH/c1-32-24-11-10-19-14-23-21-16-26(34-3)25(33-2)15-20(21)12-13-30(23)17-22(19)28(24)36-27(29(31)35-4)18-8-6-5-7-9-18;/h5-11,14-17,27H,12-13H2,1-4H3;1H/q+1;/p-1. The molecule has 1 unspecified atom stereocenters. The lowest BCUT2D eigenvalue weighted by atomic mass is 9.95. The number of aromatic nitrogens is 1. The van der Waals surface area contributed by atoms with Crippen LogP contribution in [0.2, 0.25) is 0 Å². The largest absolute Gasteiger partial charge is 1.00 e. The maximum atomic E-state index is 12.7. The maximum Gasteiger partial charge on any atom is 0.351 e. The Bertz CT molecular complexity index is 1440. The van der Waals surface area contributed by atoms with Gasteiger partial charge >= 0.3 is 5.97 Å². The van der Waals surface area contributed by atoms with E-state index in [2.05, 4.69) is 16.8 Å². The highest BCUT2D eigenvalue weighted by atomic mass is 79.9. The molecule has 1 aliphatic heterocycles. The lowest BCUT2D eigenvalue weighted by molar-refractivity contribution is -0.686. The molecule has 0 fully saturated rings. The maximum absolute atomic E-state index is 12.7. The van der Waals surface area contributed by atoms with E-state index >= 15 is 0 Å². The van der Waals surface area contributed by atoms with Gasteiger partial charge in [0, 0.05) is 18.1 Å². The van der Waals surface area contributed by atoms with Crippen LogP contribution in [0.5, 0.6) is 23.0 Å². The summed E-state index contributed by atoms with van der Waals surface area (Å²) in [5.41, 5.74) is 4.06. The van der Waals surface area contributed by atoms with Gasteiger partial charge in [-0.2, -0.15) is 4.57 Å². The van der Waals surface area contributed by atoms with Crippen molar-refractivity contribution in [3.63, 3.8) is 0 Å². The summed E-state index contributed by atoms with van der Waals surface area (Å²) in [6.07, 6.45) is 1.96. The van der Waals surface area contributed by atoms with Gasteiger partial charge in [-0.3, -0.25) is 0 Å². The molecule has 37 heavy (non-hydrogen) atoms. The average molecular weight is 566 g/mol. The van der Waals surface area contributed by atoms with Gasteiger partial charge in [0.15, 0.2) is 35.7 Å². The van der Waals surface area contributed by atoms with Crippen LogP contribution in [-0.2, 0) is 22.5 Å². The van der Waals surface area contributed by atoms with Gasteiger partial charge in [-0.1, -0.05) is 30.3 Å². The minimum atomic E-state index is -0.936. The fourth-order valence-corrected chi connectivity index (χ4v) is 4.72. The van der Waals surface area contributed by atoms with Crippen LogP contribution in [0.25, 0.3) is 22.0 Å². The van der Waals surface area contributed by atoms with Gasteiger partial charge in [0.1, 0.15) is 0 Å². The first-order valence-electron chi connectivity index (χ1n) is 11.7. The third-order valence-corrected chi connectivity index (χ3v) is 6.56. The molecular weight excluding hydrogens is 538 g/mol. The summed E-state index contributed by atoms with van der Waals surface area (Å²) < 4.78 is 30.3. The van der Waals surface area contributed by atoms with Crippen LogP contribution in [0.3, 0.4) is 0 Å². The molecule has 1 aliphatic rings. The van der Waals surface area contributed by atoms with Crippen molar-refractivity contribution in [3.05, 3.63) is 78.0 Å². The van der Waals surface area contributed by atoms with Crippen LogP contribution in [-0.4, -0.2) is 34.4 Å². The van der Waals surface area contributed by atoms with Crippen molar-refractivity contribution in [1.29, 1.82) is 0 Å². The predicted molar refractivity (Wildman–Crippen MR) is 135 cm³/mol. The summed E-state index contributed by atoms with van der Waals surface area (Å²) in [5, 5.41) is 1.79. The lowest BCUT2D eigenvalue weighted by Gasteiger charge is -2.21. The molecule has 0 spiro atoms. The molecule has 0 amide bonds. The number of benzene rings is 3. The Kier molecular flexibility index (Phi) is 7.88. The normalized spacial score (nSPS) is 12.4. The number of aryl methyl sites for hydroxylation is 2. The molecule has 1 atom stereocenters. The first kappa shape index (κ1) is 26.3. The molecule has 0 N–H and O–H groups in total. The van der Waals surface area contributed by atoms with Gasteiger partial charge in [0.05, 0.1) is 39.4 Å². The summed E-state index contributed by atoms with van der Waals surface area (Å²) >= 11 is 0. The first-order valence-corrected chi connectivity index (χ1v) is 11.7. The number of fused-ring (bicyclic) bond motifs is 4. The van der Waals surface area contributed by atoms with Gasteiger partial charge in [-0.25, -0.2) is 4.79 Å². The Morgan fingerprint density at radius 2 is 1.57 bits per heavy atom. The third kappa shape index (κ3) is 4.81. The second-order valence-corrected chi connectivity index (χ2v) is 8.50. The molecule has 192 valence electrons. The van der Waals surface area contributed by atoms with Crippen molar-refractivity contribution < 1.29 is 50.0 Å². The van der Waals surface area contributed by atoms with Gasteiger partial charge in [-0.15, -0.1) is 0 Å². The highest BCUT2D eigenvalue weighted by Gasteiger charge is 2.30. The van der Waals surface area contributed by atoms with E-state index in [9.17, 15) is 4.79 Å². The summed E-state index contributed by atoms with van der Waals surface area (Å²) in [5.74, 6) is 1.95. The van der Waals surface area contributed by atoms with E-state index in [1.807, 2.05) is 54.6 Å². The van der Waals surface area contributed by atoms with Crippen molar-refractivity contribution in [2.24, 2.45) is 0 Å². The number of hydrogen-bond acceptors (Lipinski definition) is 6. The SMILES string of the molecule is COC(=O)C(Oc1c(OC)ccc2cc3[n+](cc12)CCc1cc(OC)c(OC)cc1-3)c1ccccc1.[Br-]. The van der Waals surface area contributed by atoms with Gasteiger partial charge in [0.2, 0.25) is 11.8 Å². The van der Waals surface area contributed by atoms with Crippen molar-refractivity contribution in [3.8, 4) is 34.3 Å². The molecule has 8 heteroatoms. The second kappa shape index (κ2) is 11.1. The molecular formula is C29H28BrNO6. The zero-order valence-electron chi connectivity index (χ0n) is 21.1. The summed E-state index contributed by atoms with van der Waals surface area (Å²) in [6.45, 7) is 0.781. The third-order valence-electron chi connectivity index (χ3n) is 6.56. The van der Waals surface area contributed by atoms with Gasteiger partial charge in [0.25, 0.3) is 0 Å². The van der Waals surface area contributed by atoms with E-state index < -0.39 is 12.1 Å². The number of hydrogen-bond donors (Lipinski definition) is 0. The smallest absolute Gasteiger partial charge is 0.351 e. The number of carbonyl (C=O) groups is 1. The van der Waals surface area contributed by atoms with Crippen molar-refractivity contribution in [1.82, 2.24) is 0 Å². The van der Waals surface area contributed by atoms with Crippen molar-refractivity contribution in [2.45, 2.75) is 19.1 Å². The lowest BCUT2D eigenvalue weighted by Crippen LogP contribution is -3.00. The quantitative estimate of drug-likeness (QED) is 0.251. The Hall–Kier alpha value is -3.78. The predicted octanol–water partition coefficient (Wildman–Crippen LogP) is 1.67. The number of carbonyl (C=O) groups excluding carboxylic acids is 1. The highest BCUT2D eigenvalue weighted by molar-refractivity contribution is 5.92. The molecule has 1 aromatic heterocycles. The zero-order valence-corrected chi connectivity index (χ0v) is 22.7. The molecule has 2 heterocycles. The first-order chi connectivity index (χ1) is 17.6. The molecule has 0 saturated heterocycles. The zero-order chi connectivity index (χ0) is 25.2. The Morgan fingerprint density at radius 1 is 0.865 bits per heavy atom. The van der Waals surface area contributed by atoms with Crippen LogP contribution in [0.15, 0.2) is 66.9 Å². The highest BCUT2D eigenvalue weighted by Crippen LogP contribution is 2.41. The second-order valence-electron chi connectivity index (χ2n) is 8.50. The fourth-order valence-electron chi connectivity index (χ4n) is 4.72. The molecule has 0 bridgehead atoms. The van der Waals surface area contributed by atoms with Crippen LogP contribution in [0, 0.1) is 0 Å². The van der Waals surface area contributed by atoms with E-state index in [4.69, 9.17) is 23.7 Å². The van der Waals surface area contributed by atoms with E-state index in [1.54, 1.807) is 21.3 Å². The van der Waals surface area contributed by atoms with E-state index in [-0.39, 0.29) is 17.0 Å². The van der Waals surface area contributed by atoms with E-state index in [0.29, 0.717) is 22.8 Å². The number of methoxy groups -OCH3 is 4.